The van der Waals surface area contributed by atoms with Crippen molar-refractivity contribution >= 4 is 106 Å². The van der Waals surface area contributed by atoms with Gasteiger partial charge in [-0.05, 0) is 291 Å². The average Bonchev–Trinajstić information content (AvgIpc) is 1.56. The number of nitrogens with zero attached hydrogens (tertiary/aromatic N) is 1. The molecule has 0 spiro atoms. The van der Waals surface area contributed by atoms with E-state index in [0.29, 0.717) is 89.7 Å². The fourth-order valence-corrected chi connectivity index (χ4v) is 17.7. The van der Waals surface area contributed by atoms with Gasteiger partial charge < -0.3 is 50.7 Å². The highest BCUT2D eigenvalue weighted by molar-refractivity contribution is 8.10. The van der Waals surface area contributed by atoms with Crippen molar-refractivity contribution in [2.75, 3.05) is 43.3 Å². The van der Waals surface area contributed by atoms with Crippen LogP contribution in [-0.2, 0) is 110 Å². The molecule has 10 aliphatic rings. The summed E-state index contributed by atoms with van der Waals surface area (Å²) < 4.78 is 268. The van der Waals surface area contributed by atoms with Gasteiger partial charge in [-0.3, -0.25) is 33.2 Å². The van der Waals surface area contributed by atoms with Crippen LogP contribution in [0.15, 0.2) is 76.8 Å². The Morgan fingerprint density at radius 1 is 0.367 bits per heavy atom. The number of ketones is 6. The van der Waals surface area contributed by atoms with Gasteiger partial charge in [0.25, 0.3) is 0 Å². The molecule has 0 aromatic heterocycles. The average molecular weight is 1900 g/mol. The molecule has 1 saturated carbocycles. The lowest BCUT2D eigenvalue weighted by molar-refractivity contribution is -0.133. The lowest BCUT2D eigenvalue weighted by atomic mass is 9.49. The van der Waals surface area contributed by atoms with E-state index in [0.717, 1.165) is 34.6 Å². The molecule has 128 heavy (non-hydrogen) atoms. The number of allylic oxidation sites excluding steroid dienone is 8. The van der Waals surface area contributed by atoms with E-state index in [1.165, 1.54) is 52.8 Å². The Hall–Kier alpha value is -5.20. The number of sulfonamides is 2. The van der Waals surface area contributed by atoms with Crippen LogP contribution < -0.4 is 3.71 Å². The molecule has 5 saturated heterocycles. The first-order valence-corrected chi connectivity index (χ1v) is 46.9. The number of alkyl halides is 11. The van der Waals surface area contributed by atoms with E-state index >= 15 is 0 Å². The van der Waals surface area contributed by atoms with Gasteiger partial charge in [0.1, 0.15) is 73.8 Å². The van der Waals surface area contributed by atoms with Crippen LogP contribution in [-0.4, -0.2) is 202 Å². The first-order chi connectivity index (χ1) is 57.4. The number of carbonyl (C=O) groups excluding carboxylic acids is 6. The van der Waals surface area contributed by atoms with Crippen LogP contribution in [0.2, 0.25) is 0 Å². The number of para-hydroxylation sites is 1. The zero-order valence-electron chi connectivity index (χ0n) is 78.2. The van der Waals surface area contributed by atoms with Gasteiger partial charge in [0, 0.05) is 19.3 Å². The van der Waals surface area contributed by atoms with Crippen molar-refractivity contribution in [3.8, 4) is 0 Å². The highest BCUT2D eigenvalue weighted by Crippen LogP contribution is 2.50. The Labute approximate surface area is 752 Å². The van der Waals surface area contributed by atoms with E-state index in [1.54, 1.807) is 0 Å². The summed E-state index contributed by atoms with van der Waals surface area (Å²) in [4.78, 5) is 68.2. The Morgan fingerprint density at radius 2 is 0.602 bits per heavy atom. The van der Waals surface area contributed by atoms with Crippen LogP contribution >= 0.6 is 0 Å². The van der Waals surface area contributed by atoms with Gasteiger partial charge in [0.05, 0.1) is 95.0 Å². The zero-order chi connectivity index (χ0) is 97.8. The standard InChI is InChI=1S/3C15H24BFO3.C12H24B2O4.C10H12F4O4S.C9H13FO2.C8H8F3NO4S2.CH4/c3*1-11(18)15(10-17)8-6-12(7-9-15)16-19-13(2,3)14(4,5)20-16;1-9(2)10(3,4)16-13(15-9)14-17-11(5,6)12(7,8)18-14;1-7(15)9(6-11)4-2-8(3-5-9)18-19(16,17)10(12,13)14;1-7(11)9(6-10)4-2-8(12)3-5-9;1-17(13,14)12(7-5-3-2-4-6-7)18(15,16)8(9,10)11;/h3*6H,7-10H2,1-5H3;1-8H3;2H,3-6H2,1H3;2-6H2,1H3;2-6H,1H3;1H4/t2*15-;;;;;;/m10....../s1. The molecule has 0 N–H and O–H groups in total. The third kappa shape index (κ3) is 26.1. The van der Waals surface area contributed by atoms with Crippen molar-refractivity contribution in [1.82, 2.24) is 0 Å². The molecule has 0 bridgehead atoms. The van der Waals surface area contributed by atoms with Crippen molar-refractivity contribution in [2.45, 2.75) is 350 Å². The minimum atomic E-state index is -6.00. The first kappa shape index (κ1) is 115. The monoisotopic (exact) mass is 1900 g/mol. The van der Waals surface area contributed by atoms with Crippen LogP contribution in [0.25, 0.3) is 0 Å². The molecule has 726 valence electrons. The predicted octanol–water partition coefficient (Wildman–Crippen LogP) is 18.1. The van der Waals surface area contributed by atoms with Gasteiger partial charge in [-0.25, -0.2) is 26.0 Å². The maximum absolute atomic E-state index is 13.2. The first-order valence-electron chi connectivity index (χ1n) is 42.2. The maximum Gasteiger partial charge on any atom is 0.534 e. The summed E-state index contributed by atoms with van der Waals surface area (Å²) in [5.74, 6) is -0.998. The second kappa shape index (κ2) is 41.6. The highest BCUT2D eigenvalue weighted by Gasteiger charge is 2.65. The normalized spacial score (nSPS) is 27.2. The summed E-state index contributed by atoms with van der Waals surface area (Å²) in [5.41, 5.74) is -16.9. The second-order valence-electron chi connectivity index (χ2n) is 39.5. The van der Waals surface area contributed by atoms with Gasteiger partial charge in [-0.2, -0.15) is 46.9 Å². The Bertz CT molecular complexity index is 4280. The largest absolute Gasteiger partial charge is 0.534 e. The van der Waals surface area contributed by atoms with Crippen LogP contribution in [0, 0.1) is 27.1 Å². The number of carbonyl (C=O) groups is 6. The topological polar surface area (TPSA) is 310 Å². The van der Waals surface area contributed by atoms with Crippen LogP contribution in [0.4, 0.5) is 54.0 Å². The minimum absolute atomic E-state index is 0. The number of Topliss-reactive ketones (excluding diaryl/α,β-unsaturated/α-hetero) is 6. The molecule has 0 amide bonds. The van der Waals surface area contributed by atoms with Crippen molar-refractivity contribution in [3.63, 3.8) is 0 Å². The highest BCUT2D eigenvalue weighted by atomic mass is 32.3. The van der Waals surface area contributed by atoms with Crippen molar-refractivity contribution in [3.05, 3.63) is 76.8 Å². The third-order valence-electron chi connectivity index (χ3n) is 28.0. The van der Waals surface area contributed by atoms with Crippen LogP contribution in [0.3, 0.4) is 0 Å². The molecule has 24 nitrogen and oxygen atoms in total. The summed E-state index contributed by atoms with van der Waals surface area (Å²) >= 11 is 0. The zero-order valence-corrected chi connectivity index (χ0v) is 80.6. The Morgan fingerprint density at radius 3 is 0.797 bits per heavy atom. The molecular formula is C85H133B5F11NO23S3. The number of hydrogen-bond donors (Lipinski definition) is 0. The van der Waals surface area contributed by atoms with E-state index in [2.05, 4.69) is 4.18 Å². The van der Waals surface area contributed by atoms with E-state index < -0.39 is 137 Å². The van der Waals surface area contributed by atoms with Crippen molar-refractivity contribution in [2.24, 2.45) is 27.1 Å². The molecule has 6 fully saturated rings. The number of halogens is 11. The SMILES string of the molecule is C.CC(=O)C1(CF)CC=C(B2OC(C)(C)C(C)(C)O2)CC1.CC(=O)C1(CF)CC=C(OS(=O)(=O)C(F)(F)F)CC1.CC(=O)C1(CF)CCC(=O)CC1.CC(=O)[C@@]1(CF)CC=C(B2OC(C)(C)C(C)(C)O2)CC1.CC(=O)[C@]1(CF)CC=C(B2OC(C)(C)C(C)(C)O2)CC1.CC1(C)OB(B2OC(C)(C)C(C)(C)O2)OC1(C)C.CS(=O)(=O)N(c1ccccc1)S(=O)(=O)C(F)(F)F. The second-order valence-corrected chi connectivity index (χ2v) is 44.8. The summed E-state index contributed by atoms with van der Waals surface area (Å²) in [6.07, 6.45) is 13.1. The lowest BCUT2D eigenvalue weighted by Crippen LogP contribution is -2.44. The van der Waals surface area contributed by atoms with Gasteiger partial charge in [0.2, 0.25) is 10.0 Å². The summed E-state index contributed by atoms with van der Waals surface area (Å²) in [5, 5.41) is 0. The maximum atomic E-state index is 13.2. The van der Waals surface area contributed by atoms with Gasteiger partial charge >= 0.3 is 66.5 Å². The number of rotatable bonds is 19. The Kier molecular flexibility index (Phi) is 37.4. The van der Waals surface area contributed by atoms with Crippen LogP contribution in [0.5, 0.6) is 0 Å². The number of anilines is 1. The Balaban J connectivity index is 0.000000314. The van der Waals surface area contributed by atoms with E-state index in [-0.39, 0.29) is 133 Å². The molecule has 5 heterocycles. The van der Waals surface area contributed by atoms with E-state index in [4.69, 9.17) is 46.5 Å². The van der Waals surface area contributed by atoms with Crippen molar-refractivity contribution in [1.29, 1.82) is 0 Å². The molecule has 1 aromatic rings. The third-order valence-corrected chi connectivity index (χ3v) is 32.4. The number of hydrogen-bond acceptors (Lipinski definition) is 23. The summed E-state index contributed by atoms with van der Waals surface area (Å²) in [7, 11) is -18.4. The quantitative estimate of drug-likeness (QED) is 0.0537. The molecule has 5 aliphatic heterocycles. The summed E-state index contributed by atoms with van der Waals surface area (Å²) in [6.45, 7) is 44.1. The summed E-state index contributed by atoms with van der Waals surface area (Å²) in [6, 6.07) is 5.75. The predicted molar refractivity (Wildman–Crippen MR) is 469 cm³/mol. The fraction of sp³-hybridized carbons (Fsp3) is 0.765. The molecule has 5 aliphatic carbocycles. The molecule has 0 radical (unpaired) electrons. The van der Waals surface area contributed by atoms with E-state index in [1.807, 2.05) is 157 Å². The molecule has 1 aromatic carbocycles. The van der Waals surface area contributed by atoms with Gasteiger partial charge in [0.15, 0.2) is 0 Å². The lowest BCUT2D eigenvalue weighted by Gasteiger charge is -2.32. The van der Waals surface area contributed by atoms with Gasteiger partial charge in [-0.1, -0.05) is 43.9 Å². The van der Waals surface area contributed by atoms with Gasteiger partial charge in [-0.15, -0.1) is 0 Å². The minimum Gasteiger partial charge on any atom is -0.405 e. The molecule has 11 rings (SSSR count). The molecule has 43 heteroatoms. The molecular weight excluding hydrogens is 1760 g/mol. The van der Waals surface area contributed by atoms with Crippen molar-refractivity contribution < 1.29 is 153 Å². The molecule has 4 atom stereocenters. The smallest absolute Gasteiger partial charge is 0.405 e. The van der Waals surface area contributed by atoms with Crippen LogP contribution in [0.1, 0.15) is 283 Å². The fourth-order valence-electron chi connectivity index (χ4n) is 14.4. The number of benzene rings is 1. The van der Waals surface area contributed by atoms with E-state index in [9.17, 15) is 102 Å². The molecule has 2 unspecified atom stereocenters.